The van der Waals surface area contributed by atoms with E-state index in [4.69, 9.17) is 33.8 Å². The Hall–Kier alpha value is -9.53. The number of oxazole rings is 2. The van der Waals surface area contributed by atoms with Gasteiger partial charge in [-0.05, 0) is 112 Å². The van der Waals surface area contributed by atoms with Crippen LogP contribution in [0.3, 0.4) is 0 Å². The number of fused-ring (bicyclic) bond motifs is 9. The first kappa shape index (κ1) is 38.7. The van der Waals surface area contributed by atoms with E-state index in [1.54, 1.807) is 0 Å². The van der Waals surface area contributed by atoms with Crippen LogP contribution in [0.4, 0.5) is 0 Å². The molecule has 0 aliphatic carbocycles. The molecule has 0 atom stereocenters. The van der Waals surface area contributed by atoms with Crippen molar-refractivity contribution in [3.05, 3.63) is 218 Å². The minimum absolute atomic E-state index is 0.548. The third-order valence-electron chi connectivity index (χ3n) is 13.1. The summed E-state index contributed by atoms with van der Waals surface area (Å²) in [6.07, 6.45) is 0. The zero-order valence-electron chi connectivity index (χ0n) is 36.8. The van der Waals surface area contributed by atoms with Crippen LogP contribution in [0.1, 0.15) is 0 Å². The van der Waals surface area contributed by atoms with Crippen molar-refractivity contribution in [3.63, 3.8) is 0 Å². The predicted molar refractivity (Wildman–Crippen MR) is 277 cm³/mol. The number of hydrogen-bond acceptors (Lipinski definition) is 7. The molecule has 4 heterocycles. The van der Waals surface area contributed by atoms with E-state index in [0.29, 0.717) is 29.3 Å². The van der Waals surface area contributed by atoms with Crippen LogP contribution >= 0.6 is 0 Å². The molecule has 14 aromatic rings. The lowest BCUT2D eigenvalue weighted by Gasteiger charge is -2.10. The molecule has 4 aromatic heterocycles. The molecule has 14 rings (SSSR count). The Morgan fingerprint density at radius 1 is 0.304 bits per heavy atom. The molecular weight excluding hydrogens is 849 g/mol. The van der Waals surface area contributed by atoms with E-state index in [1.165, 1.54) is 43.4 Å². The molecule has 8 heteroatoms. The van der Waals surface area contributed by atoms with Gasteiger partial charge in [-0.1, -0.05) is 140 Å². The first-order chi connectivity index (χ1) is 34.1. The summed E-state index contributed by atoms with van der Waals surface area (Å²) in [6.45, 7) is 0. The first-order valence-electron chi connectivity index (χ1n) is 22.9. The standard InChI is InChI=1S/C61H36N6O2/c1-2-11-46(12-3-1)67-51-34-32-38-10-4-5-13-47(38)55(51)56-48-36-45(31-20-39(48)33-35-52(56)67)37-18-21-40(22-19-37)57-64-58(41-23-27-43(28-24-41)60-62-49-14-6-8-16-53(49)68-60)66-59(65-57)42-25-29-44(30-26-42)61-63-50-15-7-9-17-54(50)69-61/h1-36H. The van der Waals surface area contributed by atoms with Crippen molar-refractivity contribution in [1.82, 2.24) is 29.5 Å². The van der Waals surface area contributed by atoms with Gasteiger partial charge in [-0.25, -0.2) is 24.9 Å². The van der Waals surface area contributed by atoms with Crippen LogP contribution in [0.15, 0.2) is 227 Å². The highest BCUT2D eigenvalue weighted by atomic mass is 16.4. The molecule has 0 amide bonds. The summed E-state index contributed by atoms with van der Waals surface area (Å²) < 4.78 is 14.6. The molecule has 0 N–H and O–H groups in total. The highest BCUT2D eigenvalue weighted by Gasteiger charge is 2.19. The molecule has 0 aliphatic rings. The Morgan fingerprint density at radius 3 is 1.28 bits per heavy atom. The summed E-state index contributed by atoms with van der Waals surface area (Å²) >= 11 is 0. The second kappa shape index (κ2) is 15.5. The van der Waals surface area contributed by atoms with Crippen molar-refractivity contribution in [2.24, 2.45) is 0 Å². The van der Waals surface area contributed by atoms with Gasteiger partial charge in [0.15, 0.2) is 28.6 Å². The largest absolute Gasteiger partial charge is 0.436 e. The highest BCUT2D eigenvalue weighted by molar-refractivity contribution is 6.28. The highest BCUT2D eigenvalue weighted by Crippen LogP contribution is 2.42. The Kier molecular flexibility index (Phi) is 8.72. The minimum Gasteiger partial charge on any atom is -0.436 e. The zero-order valence-corrected chi connectivity index (χ0v) is 36.8. The van der Waals surface area contributed by atoms with Crippen molar-refractivity contribution in [2.45, 2.75) is 0 Å². The average Bonchev–Trinajstić information content (AvgIpc) is 4.16. The third kappa shape index (κ3) is 6.57. The van der Waals surface area contributed by atoms with E-state index >= 15 is 0 Å². The van der Waals surface area contributed by atoms with Crippen LogP contribution in [-0.2, 0) is 0 Å². The molecule has 0 spiro atoms. The zero-order chi connectivity index (χ0) is 45.4. The lowest BCUT2D eigenvalue weighted by atomic mass is 9.96. The SMILES string of the molecule is c1ccc(-n2c3ccc4ccccc4c3c3c4cc(-c5ccc(-c6nc(-c7ccc(-c8nc9ccccc9o8)cc7)nc(-c7ccc(-c8nc9ccccc9o8)cc7)n6)cc5)ccc4ccc32)cc1. The van der Waals surface area contributed by atoms with Crippen LogP contribution in [0.5, 0.6) is 0 Å². The predicted octanol–water partition coefficient (Wildman–Crippen LogP) is 15.6. The van der Waals surface area contributed by atoms with Gasteiger partial charge in [0.25, 0.3) is 0 Å². The van der Waals surface area contributed by atoms with Gasteiger partial charge in [-0.3, -0.25) is 0 Å². The fourth-order valence-corrected chi connectivity index (χ4v) is 9.72. The summed E-state index contributed by atoms with van der Waals surface area (Å²) in [7, 11) is 0. The van der Waals surface area contributed by atoms with Gasteiger partial charge in [-0.2, -0.15) is 0 Å². The lowest BCUT2D eigenvalue weighted by Crippen LogP contribution is -2.00. The number of aromatic nitrogens is 6. The molecule has 322 valence electrons. The summed E-state index contributed by atoms with van der Waals surface area (Å²) in [4.78, 5) is 24.7. The van der Waals surface area contributed by atoms with Gasteiger partial charge in [0, 0.05) is 44.3 Å². The maximum absolute atomic E-state index is 6.08. The van der Waals surface area contributed by atoms with E-state index in [0.717, 1.165) is 66.8 Å². The third-order valence-corrected chi connectivity index (χ3v) is 13.1. The summed E-state index contributed by atoms with van der Waals surface area (Å²) in [6, 6.07) is 75.2. The molecule has 0 bridgehead atoms. The second-order valence-electron chi connectivity index (χ2n) is 17.3. The van der Waals surface area contributed by atoms with E-state index in [2.05, 4.69) is 126 Å². The van der Waals surface area contributed by atoms with Crippen molar-refractivity contribution in [1.29, 1.82) is 0 Å². The van der Waals surface area contributed by atoms with Crippen molar-refractivity contribution >= 4 is 65.6 Å². The molecule has 0 fully saturated rings. The summed E-state index contributed by atoms with van der Waals surface area (Å²) in [5, 5.41) is 7.37. The molecule has 0 saturated carbocycles. The van der Waals surface area contributed by atoms with Crippen molar-refractivity contribution < 1.29 is 8.83 Å². The van der Waals surface area contributed by atoms with Crippen LogP contribution in [0, 0.1) is 0 Å². The van der Waals surface area contributed by atoms with Gasteiger partial charge in [-0.15, -0.1) is 0 Å². The van der Waals surface area contributed by atoms with Gasteiger partial charge in [0.2, 0.25) is 11.8 Å². The molecule has 69 heavy (non-hydrogen) atoms. The monoisotopic (exact) mass is 884 g/mol. The Bertz CT molecular complexity index is 4090. The maximum Gasteiger partial charge on any atom is 0.227 e. The molecule has 8 nitrogen and oxygen atoms in total. The first-order valence-corrected chi connectivity index (χ1v) is 22.9. The van der Waals surface area contributed by atoms with E-state index in [9.17, 15) is 0 Å². The number of rotatable bonds is 7. The van der Waals surface area contributed by atoms with E-state index < -0.39 is 0 Å². The molecule has 10 aromatic carbocycles. The van der Waals surface area contributed by atoms with Crippen molar-refractivity contribution in [3.8, 4) is 73.9 Å². The van der Waals surface area contributed by atoms with Crippen LogP contribution in [0.25, 0.3) is 139 Å². The Balaban J connectivity index is 0.864. The van der Waals surface area contributed by atoms with Gasteiger partial charge >= 0.3 is 0 Å². The molecular formula is C61H36N6O2. The molecule has 0 radical (unpaired) electrons. The fourth-order valence-electron chi connectivity index (χ4n) is 9.72. The summed E-state index contributed by atoms with van der Waals surface area (Å²) in [5.74, 6) is 2.77. The Morgan fingerprint density at radius 2 is 0.725 bits per heavy atom. The van der Waals surface area contributed by atoms with Crippen LogP contribution in [0.2, 0.25) is 0 Å². The lowest BCUT2D eigenvalue weighted by molar-refractivity contribution is 0.619. The minimum atomic E-state index is 0.548. The summed E-state index contributed by atoms with van der Waals surface area (Å²) in [5.41, 5.74) is 13.1. The normalized spacial score (nSPS) is 11.8. The quantitative estimate of drug-likeness (QED) is 0.157. The Labute approximate surface area is 394 Å². The number of para-hydroxylation sites is 5. The average molecular weight is 885 g/mol. The molecule has 0 saturated heterocycles. The maximum atomic E-state index is 6.08. The van der Waals surface area contributed by atoms with Crippen LogP contribution in [-0.4, -0.2) is 29.5 Å². The van der Waals surface area contributed by atoms with E-state index in [-0.39, 0.29) is 0 Å². The molecule has 0 unspecified atom stereocenters. The molecule has 0 aliphatic heterocycles. The van der Waals surface area contributed by atoms with Gasteiger partial charge in [0.05, 0.1) is 11.0 Å². The second-order valence-corrected chi connectivity index (χ2v) is 17.3. The topological polar surface area (TPSA) is 95.7 Å². The van der Waals surface area contributed by atoms with Crippen LogP contribution < -0.4 is 0 Å². The van der Waals surface area contributed by atoms with Gasteiger partial charge in [0.1, 0.15) is 11.0 Å². The number of nitrogens with zero attached hydrogens (tertiary/aromatic N) is 6. The van der Waals surface area contributed by atoms with Crippen molar-refractivity contribution in [2.75, 3.05) is 0 Å². The van der Waals surface area contributed by atoms with Gasteiger partial charge < -0.3 is 13.4 Å². The fraction of sp³-hybridized carbons (Fsp3) is 0. The number of hydrogen-bond donors (Lipinski definition) is 0. The smallest absolute Gasteiger partial charge is 0.227 e. The number of benzene rings is 10. The van der Waals surface area contributed by atoms with E-state index in [1.807, 2.05) is 97.1 Å².